The number of carbonyl (C=O) groups excluding carboxylic acids is 1. The van der Waals surface area contributed by atoms with Gasteiger partial charge in [0.05, 0.1) is 16.6 Å². The SMILES string of the molecule is CCOc1cccc(OC(=O)CC)c1COc1cc(F)c(C)cc1Br. The molecule has 0 aromatic heterocycles. The van der Waals surface area contributed by atoms with Crippen LogP contribution in [0.25, 0.3) is 0 Å². The van der Waals surface area contributed by atoms with Gasteiger partial charge in [-0.1, -0.05) is 13.0 Å². The quantitative estimate of drug-likeness (QED) is 0.465. The van der Waals surface area contributed by atoms with E-state index in [0.717, 1.165) is 0 Å². The maximum Gasteiger partial charge on any atom is 0.310 e. The van der Waals surface area contributed by atoms with E-state index in [-0.39, 0.29) is 24.8 Å². The minimum Gasteiger partial charge on any atom is -0.493 e. The van der Waals surface area contributed by atoms with Crippen molar-refractivity contribution in [2.75, 3.05) is 6.61 Å². The number of esters is 1. The van der Waals surface area contributed by atoms with Gasteiger partial charge >= 0.3 is 5.97 Å². The Labute approximate surface area is 155 Å². The first kappa shape index (κ1) is 19.2. The van der Waals surface area contributed by atoms with Crippen molar-refractivity contribution in [3.05, 3.63) is 51.7 Å². The molecule has 0 spiro atoms. The zero-order chi connectivity index (χ0) is 18.4. The number of benzene rings is 2. The van der Waals surface area contributed by atoms with E-state index in [9.17, 15) is 9.18 Å². The molecule has 0 saturated carbocycles. The minimum absolute atomic E-state index is 0.0730. The second-order valence-corrected chi connectivity index (χ2v) is 6.17. The smallest absolute Gasteiger partial charge is 0.310 e. The van der Waals surface area contributed by atoms with Gasteiger partial charge in [-0.05, 0) is 53.5 Å². The molecule has 0 unspecified atom stereocenters. The highest BCUT2D eigenvalue weighted by atomic mass is 79.9. The molecular formula is C19H20BrFO4. The van der Waals surface area contributed by atoms with E-state index in [1.54, 1.807) is 38.1 Å². The molecule has 6 heteroatoms. The Hall–Kier alpha value is -2.08. The van der Waals surface area contributed by atoms with Gasteiger partial charge in [0.1, 0.15) is 29.7 Å². The van der Waals surface area contributed by atoms with E-state index >= 15 is 0 Å². The molecule has 0 atom stereocenters. The molecule has 2 aromatic rings. The Morgan fingerprint density at radius 3 is 2.52 bits per heavy atom. The third-order valence-corrected chi connectivity index (χ3v) is 4.11. The lowest BCUT2D eigenvalue weighted by Crippen LogP contribution is -2.10. The van der Waals surface area contributed by atoms with Crippen LogP contribution in [0.5, 0.6) is 17.2 Å². The lowest BCUT2D eigenvalue weighted by atomic mass is 10.2. The van der Waals surface area contributed by atoms with Gasteiger partial charge < -0.3 is 14.2 Å². The molecule has 0 N–H and O–H groups in total. The van der Waals surface area contributed by atoms with Crippen molar-refractivity contribution >= 4 is 21.9 Å². The molecule has 2 rings (SSSR count). The Balaban J connectivity index is 2.30. The van der Waals surface area contributed by atoms with E-state index in [4.69, 9.17) is 14.2 Å². The fourth-order valence-corrected chi connectivity index (χ4v) is 2.73. The summed E-state index contributed by atoms with van der Waals surface area (Å²) in [6.45, 7) is 5.79. The molecule has 2 aromatic carbocycles. The summed E-state index contributed by atoms with van der Waals surface area (Å²) in [5.74, 6) is 0.600. The summed E-state index contributed by atoms with van der Waals surface area (Å²) < 4.78 is 31.1. The van der Waals surface area contributed by atoms with Crippen molar-refractivity contribution in [1.82, 2.24) is 0 Å². The molecule has 134 valence electrons. The molecule has 0 fully saturated rings. The zero-order valence-corrected chi connectivity index (χ0v) is 16.0. The van der Waals surface area contributed by atoms with Crippen molar-refractivity contribution in [2.45, 2.75) is 33.8 Å². The highest BCUT2D eigenvalue weighted by Crippen LogP contribution is 2.33. The third kappa shape index (κ3) is 4.95. The zero-order valence-electron chi connectivity index (χ0n) is 14.4. The Bertz CT molecular complexity index is 761. The van der Waals surface area contributed by atoms with E-state index < -0.39 is 0 Å². The number of aryl methyl sites for hydroxylation is 1. The summed E-state index contributed by atoms with van der Waals surface area (Å²) in [6.07, 6.45) is 0.258. The monoisotopic (exact) mass is 410 g/mol. The second kappa shape index (κ2) is 8.85. The van der Waals surface area contributed by atoms with Crippen LogP contribution in [-0.2, 0) is 11.4 Å². The number of rotatable bonds is 7. The standard InChI is InChI=1S/C19H20BrFO4/c1-4-19(22)25-17-8-6-7-16(23-5-2)13(17)11-24-18-10-15(21)12(3)9-14(18)20/h6-10H,4-5,11H2,1-3H3. The van der Waals surface area contributed by atoms with E-state index in [1.165, 1.54) is 6.07 Å². The summed E-state index contributed by atoms with van der Waals surface area (Å²) in [6, 6.07) is 8.17. The molecule has 0 bridgehead atoms. The van der Waals surface area contributed by atoms with Crippen LogP contribution < -0.4 is 14.2 Å². The first-order chi connectivity index (χ1) is 12.0. The predicted molar refractivity (Wildman–Crippen MR) is 96.7 cm³/mol. The van der Waals surface area contributed by atoms with Gasteiger partial charge in [-0.15, -0.1) is 0 Å². The van der Waals surface area contributed by atoms with Crippen LogP contribution in [0.2, 0.25) is 0 Å². The van der Waals surface area contributed by atoms with E-state index in [1.807, 2.05) is 6.92 Å². The summed E-state index contributed by atoms with van der Waals surface area (Å²) in [5, 5.41) is 0. The average Bonchev–Trinajstić information content (AvgIpc) is 2.58. The normalized spacial score (nSPS) is 10.4. The fraction of sp³-hybridized carbons (Fsp3) is 0.316. The van der Waals surface area contributed by atoms with Gasteiger partial charge in [0.25, 0.3) is 0 Å². The Morgan fingerprint density at radius 2 is 1.84 bits per heavy atom. The fourth-order valence-electron chi connectivity index (χ4n) is 2.16. The van der Waals surface area contributed by atoms with E-state index in [2.05, 4.69) is 15.9 Å². The van der Waals surface area contributed by atoms with Crippen LogP contribution >= 0.6 is 15.9 Å². The van der Waals surface area contributed by atoms with Gasteiger partial charge in [0.15, 0.2) is 0 Å². The number of ether oxygens (including phenoxy) is 3. The maximum atomic E-state index is 13.8. The topological polar surface area (TPSA) is 44.8 Å². The first-order valence-corrected chi connectivity index (χ1v) is 8.79. The third-order valence-electron chi connectivity index (χ3n) is 3.49. The van der Waals surface area contributed by atoms with Crippen molar-refractivity contribution in [2.24, 2.45) is 0 Å². The van der Waals surface area contributed by atoms with Crippen molar-refractivity contribution in [1.29, 1.82) is 0 Å². The summed E-state index contributed by atoms with van der Waals surface area (Å²) in [5.41, 5.74) is 1.12. The highest BCUT2D eigenvalue weighted by Gasteiger charge is 2.15. The second-order valence-electron chi connectivity index (χ2n) is 5.31. The predicted octanol–water partition coefficient (Wildman–Crippen LogP) is 5.19. The van der Waals surface area contributed by atoms with Gasteiger partial charge in [0, 0.05) is 12.5 Å². The van der Waals surface area contributed by atoms with Crippen LogP contribution in [0.15, 0.2) is 34.8 Å². The molecule has 0 amide bonds. The van der Waals surface area contributed by atoms with Crippen LogP contribution in [0.3, 0.4) is 0 Å². The van der Waals surface area contributed by atoms with Crippen molar-refractivity contribution in [3.8, 4) is 17.2 Å². The number of hydrogen-bond donors (Lipinski definition) is 0. The largest absolute Gasteiger partial charge is 0.493 e. The molecule has 0 radical (unpaired) electrons. The van der Waals surface area contributed by atoms with Crippen LogP contribution in [0.1, 0.15) is 31.4 Å². The van der Waals surface area contributed by atoms with Crippen LogP contribution in [-0.4, -0.2) is 12.6 Å². The average molecular weight is 411 g/mol. The maximum absolute atomic E-state index is 13.8. The molecule has 0 aliphatic heterocycles. The van der Waals surface area contributed by atoms with Crippen LogP contribution in [0.4, 0.5) is 4.39 Å². The summed E-state index contributed by atoms with van der Waals surface area (Å²) in [4.78, 5) is 11.7. The molecule has 0 aliphatic rings. The van der Waals surface area contributed by atoms with E-state index in [0.29, 0.717) is 39.5 Å². The Morgan fingerprint density at radius 1 is 1.12 bits per heavy atom. The molecule has 0 heterocycles. The highest BCUT2D eigenvalue weighted by molar-refractivity contribution is 9.10. The Kier molecular flexibility index (Phi) is 6.82. The number of carbonyl (C=O) groups is 1. The summed E-state index contributed by atoms with van der Waals surface area (Å²) in [7, 11) is 0. The molecule has 25 heavy (non-hydrogen) atoms. The minimum atomic E-state index is -0.353. The first-order valence-electron chi connectivity index (χ1n) is 8.00. The lowest BCUT2D eigenvalue weighted by Gasteiger charge is -2.16. The molecular weight excluding hydrogens is 391 g/mol. The number of hydrogen-bond acceptors (Lipinski definition) is 4. The molecule has 0 aliphatic carbocycles. The van der Waals surface area contributed by atoms with Gasteiger partial charge in [-0.2, -0.15) is 0 Å². The van der Waals surface area contributed by atoms with Gasteiger partial charge in [-0.25, -0.2) is 4.39 Å². The van der Waals surface area contributed by atoms with Crippen LogP contribution in [0, 0.1) is 12.7 Å². The van der Waals surface area contributed by atoms with Crippen molar-refractivity contribution in [3.63, 3.8) is 0 Å². The molecule has 0 saturated heterocycles. The van der Waals surface area contributed by atoms with Crippen molar-refractivity contribution < 1.29 is 23.4 Å². The van der Waals surface area contributed by atoms with Gasteiger partial charge in [-0.3, -0.25) is 4.79 Å². The summed E-state index contributed by atoms with van der Waals surface area (Å²) >= 11 is 3.37. The molecule has 4 nitrogen and oxygen atoms in total. The van der Waals surface area contributed by atoms with Gasteiger partial charge in [0.2, 0.25) is 0 Å². The number of halogens is 2. The lowest BCUT2D eigenvalue weighted by molar-refractivity contribution is -0.134.